The molecule has 2 heterocycles. The van der Waals surface area contributed by atoms with Crippen molar-refractivity contribution in [1.29, 1.82) is 0 Å². The van der Waals surface area contributed by atoms with Crippen LogP contribution >= 0.6 is 0 Å². The summed E-state index contributed by atoms with van der Waals surface area (Å²) in [6.45, 7) is 8.22. The van der Waals surface area contributed by atoms with Gasteiger partial charge in [-0.1, -0.05) is 19.1 Å². The van der Waals surface area contributed by atoms with Crippen LogP contribution in [-0.2, 0) is 6.54 Å². The highest BCUT2D eigenvalue weighted by atomic mass is 15.4. The number of pyridine rings is 1. The van der Waals surface area contributed by atoms with Crippen molar-refractivity contribution in [3.8, 4) is 0 Å². The van der Waals surface area contributed by atoms with Crippen molar-refractivity contribution < 1.29 is 0 Å². The highest BCUT2D eigenvalue weighted by Gasteiger charge is 2.19. The van der Waals surface area contributed by atoms with E-state index in [1.165, 1.54) is 5.56 Å². The molecule has 20 heavy (non-hydrogen) atoms. The molecule has 0 saturated carbocycles. The molecule has 2 aromatic rings. The maximum atomic E-state index is 4.52. The van der Waals surface area contributed by atoms with Gasteiger partial charge in [-0.2, -0.15) is 0 Å². The van der Waals surface area contributed by atoms with E-state index in [1.807, 2.05) is 23.1 Å². The summed E-state index contributed by atoms with van der Waals surface area (Å²) in [6.07, 6.45) is 5.82. The third-order valence-electron chi connectivity index (χ3n) is 3.21. The Morgan fingerprint density at radius 1 is 1.30 bits per heavy atom. The van der Waals surface area contributed by atoms with E-state index in [1.54, 1.807) is 0 Å². The lowest BCUT2D eigenvalue weighted by Crippen LogP contribution is -2.26. The molecule has 0 fully saturated rings. The molecule has 0 aliphatic rings. The molecule has 0 aliphatic carbocycles. The van der Waals surface area contributed by atoms with Crippen LogP contribution in [0, 0.1) is 6.92 Å². The maximum Gasteiger partial charge on any atom is 0.0938 e. The molecule has 5 heteroatoms. The van der Waals surface area contributed by atoms with Gasteiger partial charge in [-0.05, 0) is 44.0 Å². The Hall–Kier alpha value is -1.75. The monoisotopic (exact) mass is 273 g/mol. The van der Waals surface area contributed by atoms with Crippen LogP contribution < -0.4 is 5.32 Å². The van der Waals surface area contributed by atoms with Crippen LogP contribution in [0.15, 0.2) is 24.5 Å². The first-order valence-corrected chi connectivity index (χ1v) is 7.30. The van der Waals surface area contributed by atoms with E-state index in [0.717, 1.165) is 37.3 Å². The minimum atomic E-state index is 0.0522. The van der Waals surface area contributed by atoms with Gasteiger partial charge in [0.1, 0.15) is 0 Å². The number of aromatic nitrogens is 4. The molecule has 108 valence electrons. The Bertz CT molecular complexity index is 535. The summed E-state index contributed by atoms with van der Waals surface area (Å²) < 4.78 is 1.97. The van der Waals surface area contributed by atoms with E-state index in [4.69, 9.17) is 0 Å². The number of rotatable bonds is 7. The van der Waals surface area contributed by atoms with Crippen LogP contribution in [0.1, 0.15) is 49.7 Å². The van der Waals surface area contributed by atoms with E-state index in [-0.39, 0.29) is 6.04 Å². The molecule has 0 bridgehead atoms. The lowest BCUT2D eigenvalue weighted by Gasteiger charge is -2.19. The lowest BCUT2D eigenvalue weighted by molar-refractivity contribution is 0.499. The zero-order valence-corrected chi connectivity index (χ0v) is 12.5. The highest BCUT2D eigenvalue weighted by molar-refractivity contribution is 5.24. The molecule has 0 saturated heterocycles. The standard InChI is InChI=1S/C15H23N5/c1-4-7-17-15(13-10-12(3)6-8-16-13)14-11-18-19-20(14)9-5-2/h6,8,10-11,15,17H,4-5,7,9H2,1-3H3. The van der Waals surface area contributed by atoms with E-state index in [9.17, 15) is 0 Å². The van der Waals surface area contributed by atoms with Gasteiger partial charge in [0.25, 0.3) is 0 Å². The molecule has 1 unspecified atom stereocenters. The van der Waals surface area contributed by atoms with E-state index >= 15 is 0 Å². The van der Waals surface area contributed by atoms with E-state index < -0.39 is 0 Å². The Balaban J connectivity index is 2.33. The molecule has 0 aliphatic heterocycles. The molecule has 2 rings (SSSR count). The van der Waals surface area contributed by atoms with Gasteiger partial charge < -0.3 is 5.32 Å². The molecule has 5 nitrogen and oxygen atoms in total. The first-order valence-electron chi connectivity index (χ1n) is 7.30. The third kappa shape index (κ3) is 3.42. The van der Waals surface area contributed by atoms with Gasteiger partial charge in [0.15, 0.2) is 0 Å². The Labute approximate surface area is 120 Å². The summed E-state index contributed by atoms with van der Waals surface area (Å²) in [5.74, 6) is 0. The fourth-order valence-electron chi connectivity index (χ4n) is 2.24. The quantitative estimate of drug-likeness (QED) is 0.842. The van der Waals surface area contributed by atoms with Crippen LogP contribution in [-0.4, -0.2) is 26.5 Å². The number of nitrogens with one attached hydrogen (secondary N) is 1. The average molecular weight is 273 g/mol. The number of aryl methyl sites for hydroxylation is 2. The van der Waals surface area contributed by atoms with Gasteiger partial charge in [0.05, 0.1) is 23.6 Å². The highest BCUT2D eigenvalue weighted by Crippen LogP contribution is 2.20. The van der Waals surface area contributed by atoms with Crippen molar-refractivity contribution in [2.75, 3.05) is 6.54 Å². The first kappa shape index (κ1) is 14.7. The molecular weight excluding hydrogens is 250 g/mol. The summed E-state index contributed by atoms with van der Waals surface area (Å²) in [7, 11) is 0. The van der Waals surface area contributed by atoms with Crippen LogP contribution in [0.2, 0.25) is 0 Å². The predicted octanol–water partition coefficient (Wildman–Crippen LogP) is 2.48. The molecule has 1 atom stereocenters. The summed E-state index contributed by atoms with van der Waals surface area (Å²) in [6, 6.07) is 4.19. The van der Waals surface area contributed by atoms with Crippen LogP contribution in [0.25, 0.3) is 0 Å². The number of nitrogens with zero attached hydrogens (tertiary/aromatic N) is 4. The molecule has 0 spiro atoms. The first-order chi connectivity index (χ1) is 9.76. The van der Waals surface area contributed by atoms with Gasteiger partial charge in [-0.15, -0.1) is 5.10 Å². The number of hydrogen-bond acceptors (Lipinski definition) is 4. The van der Waals surface area contributed by atoms with Crippen LogP contribution in [0.5, 0.6) is 0 Å². The summed E-state index contributed by atoms with van der Waals surface area (Å²) in [4.78, 5) is 4.52. The van der Waals surface area contributed by atoms with Crippen molar-refractivity contribution >= 4 is 0 Å². The molecule has 2 aromatic heterocycles. The zero-order chi connectivity index (χ0) is 14.4. The van der Waals surface area contributed by atoms with Gasteiger partial charge >= 0.3 is 0 Å². The molecule has 0 amide bonds. The fraction of sp³-hybridized carbons (Fsp3) is 0.533. The Kier molecular flexibility index (Phi) is 5.24. The minimum Gasteiger partial charge on any atom is -0.304 e. The van der Waals surface area contributed by atoms with Gasteiger partial charge in [-0.25, -0.2) is 4.68 Å². The van der Waals surface area contributed by atoms with Gasteiger partial charge in [0, 0.05) is 12.7 Å². The summed E-state index contributed by atoms with van der Waals surface area (Å²) in [5.41, 5.74) is 3.32. The number of hydrogen-bond donors (Lipinski definition) is 1. The summed E-state index contributed by atoms with van der Waals surface area (Å²) >= 11 is 0. The Morgan fingerprint density at radius 3 is 2.85 bits per heavy atom. The largest absolute Gasteiger partial charge is 0.304 e. The second-order valence-electron chi connectivity index (χ2n) is 5.03. The van der Waals surface area contributed by atoms with Crippen molar-refractivity contribution in [2.24, 2.45) is 0 Å². The normalized spacial score (nSPS) is 12.6. The SMILES string of the molecule is CCCNC(c1cc(C)ccn1)c1cnnn1CCC. The fourth-order valence-corrected chi connectivity index (χ4v) is 2.24. The van der Waals surface area contributed by atoms with Crippen LogP contribution in [0.4, 0.5) is 0 Å². The summed E-state index contributed by atoms with van der Waals surface area (Å²) in [5, 5.41) is 11.8. The van der Waals surface area contributed by atoms with Crippen molar-refractivity contribution in [1.82, 2.24) is 25.3 Å². The van der Waals surface area contributed by atoms with E-state index in [2.05, 4.69) is 47.5 Å². The van der Waals surface area contributed by atoms with Gasteiger partial charge in [-0.3, -0.25) is 4.98 Å². The van der Waals surface area contributed by atoms with Crippen molar-refractivity contribution in [2.45, 2.75) is 46.2 Å². The molecule has 0 aromatic carbocycles. The Morgan fingerprint density at radius 2 is 2.15 bits per heavy atom. The van der Waals surface area contributed by atoms with Crippen molar-refractivity contribution in [3.63, 3.8) is 0 Å². The zero-order valence-electron chi connectivity index (χ0n) is 12.5. The maximum absolute atomic E-state index is 4.52. The molecule has 1 N–H and O–H groups in total. The average Bonchev–Trinajstić information content (AvgIpc) is 2.88. The second kappa shape index (κ2) is 7.14. The molecule has 0 radical (unpaired) electrons. The van der Waals surface area contributed by atoms with E-state index in [0.29, 0.717) is 0 Å². The van der Waals surface area contributed by atoms with Crippen LogP contribution in [0.3, 0.4) is 0 Å². The van der Waals surface area contributed by atoms with Crippen molar-refractivity contribution in [3.05, 3.63) is 41.5 Å². The second-order valence-corrected chi connectivity index (χ2v) is 5.03. The smallest absolute Gasteiger partial charge is 0.0938 e. The molecular formula is C15H23N5. The van der Waals surface area contributed by atoms with Gasteiger partial charge in [0.2, 0.25) is 0 Å². The third-order valence-corrected chi connectivity index (χ3v) is 3.21. The topological polar surface area (TPSA) is 55.6 Å². The lowest BCUT2D eigenvalue weighted by atomic mass is 10.1. The predicted molar refractivity (Wildman–Crippen MR) is 79.4 cm³/mol. The minimum absolute atomic E-state index is 0.0522.